The molecule has 1 fully saturated rings. The molecule has 86 valence electrons. The Hall–Kier alpha value is -1.16. The van der Waals surface area contributed by atoms with E-state index in [-0.39, 0.29) is 11.8 Å². The van der Waals surface area contributed by atoms with E-state index in [9.17, 15) is 4.79 Å². The molecule has 1 aliphatic carbocycles. The fourth-order valence-electron chi connectivity index (χ4n) is 1.39. The first-order chi connectivity index (χ1) is 7.70. The van der Waals surface area contributed by atoms with Gasteiger partial charge in [-0.1, -0.05) is 6.92 Å². The van der Waals surface area contributed by atoms with E-state index in [1.54, 1.807) is 11.3 Å². The Labute approximate surface area is 99.6 Å². The van der Waals surface area contributed by atoms with E-state index in [1.165, 1.54) is 4.88 Å². The second kappa shape index (κ2) is 4.78. The molecule has 0 unspecified atom stereocenters. The third kappa shape index (κ3) is 2.70. The van der Waals surface area contributed by atoms with Crippen molar-refractivity contribution in [2.45, 2.75) is 33.1 Å². The van der Waals surface area contributed by atoms with Crippen LogP contribution in [0.25, 0.3) is 0 Å². The summed E-state index contributed by atoms with van der Waals surface area (Å²) in [6.07, 6.45) is 3.07. The molecule has 1 saturated carbocycles. The van der Waals surface area contributed by atoms with Crippen LogP contribution in [0, 0.1) is 5.92 Å². The number of carbonyl (C=O) groups excluding carboxylic acids is 1. The van der Waals surface area contributed by atoms with E-state index < -0.39 is 0 Å². The van der Waals surface area contributed by atoms with Gasteiger partial charge in [-0.15, -0.1) is 11.3 Å². The molecule has 1 aliphatic rings. The minimum Gasteiger partial charge on any atom is -0.273 e. The number of amides is 1. The smallest absolute Gasteiger partial charge is 0.243 e. The van der Waals surface area contributed by atoms with Gasteiger partial charge >= 0.3 is 0 Å². The van der Waals surface area contributed by atoms with Gasteiger partial charge in [0.05, 0.1) is 10.6 Å². The largest absolute Gasteiger partial charge is 0.273 e. The molecule has 0 radical (unpaired) electrons. The van der Waals surface area contributed by atoms with Crippen molar-refractivity contribution < 1.29 is 4.79 Å². The number of nitrogens with zero attached hydrogens (tertiary/aromatic N) is 1. The summed E-state index contributed by atoms with van der Waals surface area (Å²) in [5, 5.41) is 4.13. The Morgan fingerprint density at radius 1 is 1.56 bits per heavy atom. The Balaban J connectivity index is 1.97. The number of aryl methyl sites for hydroxylation is 1. The van der Waals surface area contributed by atoms with E-state index >= 15 is 0 Å². The lowest BCUT2D eigenvalue weighted by atomic mass is 10.3. The van der Waals surface area contributed by atoms with Crippen molar-refractivity contribution in [3.8, 4) is 0 Å². The van der Waals surface area contributed by atoms with Crippen molar-refractivity contribution in [1.82, 2.24) is 5.43 Å². The van der Waals surface area contributed by atoms with Gasteiger partial charge in [0.15, 0.2) is 0 Å². The van der Waals surface area contributed by atoms with Crippen LogP contribution in [0.2, 0.25) is 0 Å². The maximum atomic E-state index is 11.4. The summed E-state index contributed by atoms with van der Waals surface area (Å²) in [6, 6.07) is 4.17. The molecule has 0 aliphatic heterocycles. The Morgan fingerprint density at radius 3 is 2.88 bits per heavy atom. The lowest BCUT2D eigenvalue weighted by molar-refractivity contribution is -0.122. The minimum absolute atomic E-state index is 0.0617. The van der Waals surface area contributed by atoms with E-state index in [4.69, 9.17) is 0 Å². The van der Waals surface area contributed by atoms with E-state index in [0.29, 0.717) is 0 Å². The number of hydrogen-bond donors (Lipinski definition) is 1. The second-order valence-electron chi connectivity index (χ2n) is 4.07. The molecule has 1 amide bonds. The standard InChI is InChI=1S/C12H16N2OS/c1-3-10-6-7-11(16-10)8(2)13-14-12(15)9-4-5-9/h6-7,9H,3-5H2,1-2H3,(H,14,15). The number of nitrogens with one attached hydrogen (secondary N) is 1. The van der Waals surface area contributed by atoms with Crippen molar-refractivity contribution >= 4 is 23.0 Å². The molecule has 1 heterocycles. The predicted octanol–water partition coefficient (Wildman–Crippen LogP) is 2.56. The summed E-state index contributed by atoms with van der Waals surface area (Å²) < 4.78 is 0. The molecule has 0 aromatic carbocycles. The molecular weight excluding hydrogens is 220 g/mol. The fourth-order valence-corrected chi connectivity index (χ4v) is 2.29. The summed E-state index contributed by atoms with van der Waals surface area (Å²) >= 11 is 1.73. The van der Waals surface area contributed by atoms with Crippen LogP contribution in [0.1, 0.15) is 36.4 Å². The number of rotatable bonds is 4. The van der Waals surface area contributed by atoms with E-state index in [2.05, 4.69) is 29.6 Å². The third-order valence-corrected chi connectivity index (χ3v) is 3.99. The second-order valence-corrected chi connectivity index (χ2v) is 5.24. The van der Waals surface area contributed by atoms with Crippen LogP contribution in [0.15, 0.2) is 17.2 Å². The van der Waals surface area contributed by atoms with Crippen LogP contribution in [-0.2, 0) is 11.2 Å². The topological polar surface area (TPSA) is 41.5 Å². The van der Waals surface area contributed by atoms with Crippen LogP contribution < -0.4 is 5.43 Å². The minimum atomic E-state index is 0.0617. The molecule has 0 bridgehead atoms. The van der Waals surface area contributed by atoms with Crippen molar-refractivity contribution in [2.24, 2.45) is 11.0 Å². The van der Waals surface area contributed by atoms with Crippen LogP contribution in [0.5, 0.6) is 0 Å². The van der Waals surface area contributed by atoms with Gasteiger partial charge in [-0.3, -0.25) is 4.79 Å². The lowest BCUT2D eigenvalue weighted by Crippen LogP contribution is -2.20. The quantitative estimate of drug-likeness (QED) is 0.633. The zero-order valence-corrected chi connectivity index (χ0v) is 10.4. The van der Waals surface area contributed by atoms with Gasteiger partial charge < -0.3 is 0 Å². The molecule has 2 rings (SSSR count). The van der Waals surface area contributed by atoms with E-state index in [1.807, 2.05) is 6.92 Å². The third-order valence-electron chi connectivity index (χ3n) is 2.65. The number of carbonyl (C=O) groups is 1. The SMILES string of the molecule is CCc1ccc(C(C)=NNC(=O)C2CC2)s1. The first-order valence-corrected chi connectivity index (χ1v) is 6.45. The average molecular weight is 236 g/mol. The van der Waals surface area contributed by atoms with Gasteiger partial charge in [0.2, 0.25) is 5.91 Å². The highest BCUT2D eigenvalue weighted by Crippen LogP contribution is 2.28. The molecule has 0 atom stereocenters. The van der Waals surface area contributed by atoms with Crippen molar-refractivity contribution in [1.29, 1.82) is 0 Å². The molecule has 0 spiro atoms. The van der Waals surface area contributed by atoms with Crippen molar-refractivity contribution in [2.75, 3.05) is 0 Å². The normalized spacial score (nSPS) is 16.2. The fraction of sp³-hybridized carbons (Fsp3) is 0.500. The van der Waals surface area contributed by atoms with Crippen LogP contribution in [-0.4, -0.2) is 11.6 Å². The lowest BCUT2D eigenvalue weighted by Gasteiger charge is -1.98. The number of thiophene rings is 1. The predicted molar refractivity (Wildman–Crippen MR) is 66.8 cm³/mol. The van der Waals surface area contributed by atoms with Gasteiger partial charge in [-0.05, 0) is 38.3 Å². The summed E-state index contributed by atoms with van der Waals surface area (Å²) in [5.41, 5.74) is 3.51. The average Bonchev–Trinajstić information content (AvgIpc) is 3.03. The maximum Gasteiger partial charge on any atom is 0.243 e. The molecule has 1 aromatic rings. The van der Waals surface area contributed by atoms with Crippen molar-refractivity contribution in [3.63, 3.8) is 0 Å². The van der Waals surface area contributed by atoms with Crippen LogP contribution >= 0.6 is 11.3 Å². The summed E-state index contributed by atoms with van der Waals surface area (Å²) in [4.78, 5) is 13.9. The van der Waals surface area contributed by atoms with Gasteiger partial charge in [0, 0.05) is 10.8 Å². The Bertz CT molecular complexity index is 418. The highest BCUT2D eigenvalue weighted by atomic mass is 32.1. The molecule has 1 aromatic heterocycles. The summed E-state index contributed by atoms with van der Waals surface area (Å²) in [6.45, 7) is 4.06. The molecule has 4 heteroatoms. The molecule has 3 nitrogen and oxygen atoms in total. The first-order valence-electron chi connectivity index (χ1n) is 5.64. The number of hydrogen-bond acceptors (Lipinski definition) is 3. The zero-order valence-electron chi connectivity index (χ0n) is 9.62. The zero-order chi connectivity index (χ0) is 11.5. The first kappa shape index (κ1) is 11.3. The molecule has 1 N–H and O–H groups in total. The highest BCUT2D eigenvalue weighted by Gasteiger charge is 2.29. The van der Waals surface area contributed by atoms with Crippen molar-refractivity contribution in [3.05, 3.63) is 21.9 Å². The Kier molecular flexibility index (Phi) is 3.39. The van der Waals surface area contributed by atoms with Gasteiger partial charge in [-0.2, -0.15) is 5.10 Å². The number of hydrazone groups is 1. The van der Waals surface area contributed by atoms with Gasteiger partial charge in [0.25, 0.3) is 0 Å². The monoisotopic (exact) mass is 236 g/mol. The summed E-state index contributed by atoms with van der Waals surface area (Å²) in [5.74, 6) is 0.276. The molecular formula is C12H16N2OS. The maximum absolute atomic E-state index is 11.4. The summed E-state index contributed by atoms with van der Waals surface area (Å²) in [7, 11) is 0. The van der Waals surface area contributed by atoms with E-state index in [0.717, 1.165) is 29.9 Å². The highest BCUT2D eigenvalue weighted by molar-refractivity contribution is 7.14. The van der Waals surface area contributed by atoms with Gasteiger partial charge in [0.1, 0.15) is 0 Å². The molecule has 16 heavy (non-hydrogen) atoms. The Morgan fingerprint density at radius 2 is 2.31 bits per heavy atom. The molecule has 0 saturated heterocycles. The van der Waals surface area contributed by atoms with Crippen LogP contribution in [0.3, 0.4) is 0 Å². The van der Waals surface area contributed by atoms with Gasteiger partial charge in [-0.25, -0.2) is 5.43 Å². The van der Waals surface area contributed by atoms with Crippen LogP contribution in [0.4, 0.5) is 0 Å².